The van der Waals surface area contributed by atoms with Crippen LogP contribution in [0.25, 0.3) is 6.08 Å². The lowest BCUT2D eigenvalue weighted by Crippen LogP contribution is -2.46. The van der Waals surface area contributed by atoms with Gasteiger partial charge in [-0.2, -0.15) is 0 Å². The first-order valence-corrected chi connectivity index (χ1v) is 8.77. The van der Waals surface area contributed by atoms with E-state index in [9.17, 15) is 9.59 Å². The number of furan rings is 1. The Morgan fingerprint density at radius 1 is 1.40 bits per heavy atom. The average Bonchev–Trinajstić information content (AvgIpc) is 3.13. The summed E-state index contributed by atoms with van der Waals surface area (Å²) in [6.07, 6.45) is 6.20. The Bertz CT molecular complexity index is 637. The van der Waals surface area contributed by atoms with Gasteiger partial charge in [0.2, 0.25) is 5.91 Å². The fourth-order valence-corrected chi connectivity index (χ4v) is 3.64. The van der Waals surface area contributed by atoms with Crippen molar-refractivity contribution in [3.05, 3.63) is 29.7 Å². The predicted molar refractivity (Wildman–Crippen MR) is 94.5 cm³/mol. The zero-order chi connectivity index (χ0) is 17.8. The van der Waals surface area contributed by atoms with E-state index in [-0.39, 0.29) is 18.5 Å². The van der Waals surface area contributed by atoms with Gasteiger partial charge in [0.1, 0.15) is 5.76 Å². The average molecular weight is 346 g/mol. The Kier molecular flexibility index (Phi) is 5.43. The van der Waals surface area contributed by atoms with E-state index >= 15 is 0 Å². The number of nitrogens with zero attached hydrogens (tertiary/aromatic N) is 1. The molecule has 2 atom stereocenters. The number of primary amides is 1. The topological polar surface area (TPSA) is 101 Å². The highest BCUT2D eigenvalue weighted by molar-refractivity contribution is 5.83. The lowest BCUT2D eigenvalue weighted by Gasteiger charge is -2.19. The summed E-state index contributed by atoms with van der Waals surface area (Å²) in [5.74, 6) is 1.86. The second-order valence-corrected chi connectivity index (χ2v) is 7.09. The number of amides is 3. The van der Waals surface area contributed by atoms with Crippen molar-refractivity contribution in [2.75, 3.05) is 26.2 Å². The van der Waals surface area contributed by atoms with Crippen LogP contribution >= 0.6 is 0 Å². The lowest BCUT2D eigenvalue weighted by molar-refractivity contribution is -0.121. The maximum absolute atomic E-state index is 12.0. The van der Waals surface area contributed by atoms with Gasteiger partial charge >= 0.3 is 6.03 Å². The molecule has 0 spiro atoms. The molecule has 1 aromatic rings. The molecular formula is C18H26N4O3. The van der Waals surface area contributed by atoms with E-state index in [1.165, 1.54) is 18.4 Å². The van der Waals surface area contributed by atoms with Crippen LogP contribution in [0.15, 0.2) is 28.4 Å². The van der Waals surface area contributed by atoms with Gasteiger partial charge in [0, 0.05) is 25.7 Å². The molecule has 0 radical (unpaired) electrons. The third kappa shape index (κ3) is 5.09. The third-order valence-electron chi connectivity index (χ3n) is 4.84. The van der Waals surface area contributed by atoms with Gasteiger partial charge in [0.15, 0.2) is 0 Å². The van der Waals surface area contributed by atoms with E-state index in [2.05, 4.69) is 28.5 Å². The molecule has 2 aliphatic rings. The quantitative estimate of drug-likeness (QED) is 0.690. The Hall–Kier alpha value is -2.28. The molecule has 3 rings (SSSR count). The highest BCUT2D eigenvalue weighted by Gasteiger charge is 2.42. The standard InChI is InChI=1S/C18H26N4O3/c1-12(7-14-3-2-6-25-14)9-22-10-15(13-4-5-13)16(11-22)21-17(23)8-20-18(19)24/h2-3,6-7,13,15-16H,4-5,8-11H2,1H3,(H,21,23)(H3,19,20,24)/b12-7+/t15-,16+/m1/s1. The molecule has 3 amide bonds. The summed E-state index contributed by atoms with van der Waals surface area (Å²) in [5, 5.41) is 5.41. The van der Waals surface area contributed by atoms with E-state index in [1.54, 1.807) is 6.26 Å². The Morgan fingerprint density at radius 2 is 2.20 bits per heavy atom. The van der Waals surface area contributed by atoms with Crippen LogP contribution in [0.3, 0.4) is 0 Å². The summed E-state index contributed by atoms with van der Waals surface area (Å²) in [6.45, 7) is 4.70. The third-order valence-corrected chi connectivity index (χ3v) is 4.84. The van der Waals surface area contributed by atoms with Crippen LogP contribution in [0.2, 0.25) is 0 Å². The molecule has 25 heavy (non-hydrogen) atoms. The summed E-state index contributed by atoms with van der Waals surface area (Å²) >= 11 is 0. The van der Waals surface area contributed by atoms with Crippen LogP contribution in [0.4, 0.5) is 4.79 Å². The molecule has 1 saturated carbocycles. The normalized spacial score (nSPS) is 24.3. The van der Waals surface area contributed by atoms with Gasteiger partial charge in [-0.1, -0.05) is 5.57 Å². The maximum atomic E-state index is 12.0. The SMILES string of the molecule is C/C(=C\c1ccco1)CN1C[C@H](NC(=O)CNC(N)=O)[C@@H](C2CC2)C1. The van der Waals surface area contributed by atoms with Gasteiger partial charge in [-0.15, -0.1) is 0 Å². The van der Waals surface area contributed by atoms with Crippen molar-refractivity contribution in [2.24, 2.45) is 17.6 Å². The molecule has 136 valence electrons. The first kappa shape index (κ1) is 17.5. The molecular weight excluding hydrogens is 320 g/mol. The molecule has 0 unspecified atom stereocenters. The minimum Gasteiger partial charge on any atom is -0.465 e. The molecule has 2 fully saturated rings. The number of hydrogen-bond donors (Lipinski definition) is 3. The highest BCUT2D eigenvalue weighted by atomic mass is 16.3. The number of rotatable bonds is 7. The van der Waals surface area contributed by atoms with Gasteiger partial charge in [-0.25, -0.2) is 4.79 Å². The van der Waals surface area contributed by atoms with E-state index < -0.39 is 6.03 Å². The van der Waals surface area contributed by atoms with Crippen LogP contribution in [-0.2, 0) is 4.79 Å². The van der Waals surface area contributed by atoms with Crippen LogP contribution in [0, 0.1) is 11.8 Å². The van der Waals surface area contributed by atoms with Gasteiger partial charge in [-0.3, -0.25) is 9.69 Å². The van der Waals surface area contributed by atoms with Gasteiger partial charge in [0.25, 0.3) is 0 Å². The summed E-state index contributed by atoms with van der Waals surface area (Å²) in [7, 11) is 0. The highest BCUT2D eigenvalue weighted by Crippen LogP contribution is 2.41. The summed E-state index contributed by atoms with van der Waals surface area (Å²) in [6, 6.07) is 3.27. The Morgan fingerprint density at radius 3 is 2.84 bits per heavy atom. The molecule has 4 N–H and O–H groups in total. The number of likely N-dealkylation sites (tertiary alicyclic amines) is 1. The molecule has 1 aliphatic heterocycles. The minimum absolute atomic E-state index is 0.0688. The molecule has 1 aliphatic carbocycles. The van der Waals surface area contributed by atoms with Crippen molar-refractivity contribution < 1.29 is 14.0 Å². The molecule has 7 heteroatoms. The molecule has 2 heterocycles. The van der Waals surface area contributed by atoms with Crippen LogP contribution in [0.5, 0.6) is 0 Å². The lowest BCUT2D eigenvalue weighted by atomic mass is 9.98. The monoisotopic (exact) mass is 346 g/mol. The zero-order valence-corrected chi connectivity index (χ0v) is 14.5. The van der Waals surface area contributed by atoms with Crippen LogP contribution < -0.4 is 16.4 Å². The van der Waals surface area contributed by atoms with E-state index in [1.807, 2.05) is 12.1 Å². The van der Waals surface area contributed by atoms with Crippen LogP contribution in [0.1, 0.15) is 25.5 Å². The van der Waals surface area contributed by atoms with Crippen molar-refractivity contribution in [2.45, 2.75) is 25.8 Å². The van der Waals surface area contributed by atoms with Crippen molar-refractivity contribution >= 4 is 18.0 Å². The van der Waals surface area contributed by atoms with Crippen molar-refractivity contribution in [3.63, 3.8) is 0 Å². The Labute approximate surface area is 147 Å². The van der Waals surface area contributed by atoms with E-state index in [0.29, 0.717) is 11.8 Å². The van der Waals surface area contributed by atoms with Gasteiger partial charge < -0.3 is 20.8 Å². The zero-order valence-electron chi connectivity index (χ0n) is 14.5. The van der Waals surface area contributed by atoms with Crippen LogP contribution in [-0.4, -0.2) is 49.1 Å². The number of nitrogens with one attached hydrogen (secondary N) is 2. The smallest absolute Gasteiger partial charge is 0.312 e. The number of carbonyl (C=O) groups excluding carboxylic acids is 2. The number of carbonyl (C=O) groups is 2. The van der Waals surface area contributed by atoms with Crippen molar-refractivity contribution in [1.82, 2.24) is 15.5 Å². The summed E-state index contributed by atoms with van der Waals surface area (Å²) in [5.41, 5.74) is 6.24. The number of hydrogen-bond acceptors (Lipinski definition) is 4. The first-order chi connectivity index (χ1) is 12.0. The molecule has 7 nitrogen and oxygen atoms in total. The predicted octanol–water partition coefficient (Wildman–Crippen LogP) is 1.18. The van der Waals surface area contributed by atoms with Gasteiger partial charge in [-0.05, 0) is 49.8 Å². The van der Waals surface area contributed by atoms with Gasteiger partial charge in [0.05, 0.1) is 12.8 Å². The molecule has 0 bridgehead atoms. The van der Waals surface area contributed by atoms with E-state index in [0.717, 1.165) is 25.4 Å². The maximum Gasteiger partial charge on any atom is 0.312 e. The minimum atomic E-state index is -0.680. The fraction of sp³-hybridized carbons (Fsp3) is 0.556. The van der Waals surface area contributed by atoms with Crippen molar-refractivity contribution in [3.8, 4) is 0 Å². The first-order valence-electron chi connectivity index (χ1n) is 8.77. The molecule has 1 aromatic heterocycles. The molecule has 0 aromatic carbocycles. The summed E-state index contributed by atoms with van der Waals surface area (Å²) in [4.78, 5) is 25.1. The Balaban J connectivity index is 1.55. The second-order valence-electron chi connectivity index (χ2n) is 7.09. The number of urea groups is 1. The van der Waals surface area contributed by atoms with E-state index in [4.69, 9.17) is 10.2 Å². The largest absolute Gasteiger partial charge is 0.465 e. The summed E-state index contributed by atoms with van der Waals surface area (Å²) < 4.78 is 5.36. The fourth-order valence-electron chi connectivity index (χ4n) is 3.64. The second kappa shape index (κ2) is 7.74. The molecule has 1 saturated heterocycles. The number of nitrogens with two attached hydrogens (primary N) is 1. The van der Waals surface area contributed by atoms with Crippen molar-refractivity contribution in [1.29, 1.82) is 0 Å².